The van der Waals surface area contributed by atoms with E-state index in [0.717, 1.165) is 5.75 Å². The maximum absolute atomic E-state index is 13.6. The lowest BCUT2D eigenvalue weighted by Gasteiger charge is -2.35. The van der Waals surface area contributed by atoms with Crippen molar-refractivity contribution in [2.45, 2.75) is 25.3 Å². The molecule has 1 heterocycles. The number of primary amides is 1. The molecule has 0 bridgehead atoms. The molecule has 1 aliphatic rings. The van der Waals surface area contributed by atoms with E-state index in [1.165, 1.54) is 30.1 Å². The smallest absolute Gasteiger partial charge is 0.244 e. The number of ether oxygens (including phenoxy) is 1. The van der Waals surface area contributed by atoms with Gasteiger partial charge in [-0.3, -0.25) is 14.4 Å². The molecule has 1 fully saturated rings. The molecule has 32 heavy (non-hydrogen) atoms. The number of piperidine rings is 1. The lowest BCUT2D eigenvalue weighted by Crippen LogP contribution is -2.46. The molecule has 2 N–H and O–H groups in total. The molecule has 0 radical (unpaired) electrons. The maximum atomic E-state index is 13.6. The summed E-state index contributed by atoms with van der Waals surface area (Å²) in [7, 11) is 1.50. The van der Waals surface area contributed by atoms with Crippen molar-refractivity contribution >= 4 is 17.7 Å². The second kappa shape index (κ2) is 10.7. The summed E-state index contributed by atoms with van der Waals surface area (Å²) in [6.45, 7) is 1.20. The van der Waals surface area contributed by atoms with Crippen LogP contribution in [0.25, 0.3) is 0 Å². The van der Waals surface area contributed by atoms with Gasteiger partial charge in [0.05, 0.1) is 13.0 Å². The van der Waals surface area contributed by atoms with E-state index in [-0.39, 0.29) is 24.2 Å². The Labute approximate surface area is 186 Å². The third-order valence-corrected chi connectivity index (χ3v) is 5.69. The molecule has 7 nitrogen and oxygen atoms in total. The molecule has 2 aromatic carbocycles. The normalized spacial score (nSPS) is 15.1. The van der Waals surface area contributed by atoms with Crippen LogP contribution in [0.5, 0.6) is 5.75 Å². The molecule has 1 atom stereocenters. The lowest BCUT2D eigenvalue weighted by molar-refractivity contribution is -0.144. The topological polar surface area (TPSA) is 92.9 Å². The van der Waals surface area contributed by atoms with Gasteiger partial charge in [0.1, 0.15) is 17.6 Å². The van der Waals surface area contributed by atoms with E-state index in [2.05, 4.69) is 0 Å². The minimum atomic E-state index is -1.05. The van der Waals surface area contributed by atoms with Gasteiger partial charge in [-0.15, -0.1) is 0 Å². The highest BCUT2D eigenvalue weighted by molar-refractivity contribution is 5.88. The van der Waals surface area contributed by atoms with Crippen molar-refractivity contribution < 1.29 is 23.5 Å². The second-order valence-corrected chi connectivity index (χ2v) is 7.88. The summed E-state index contributed by atoms with van der Waals surface area (Å²) >= 11 is 0. The molecule has 0 aliphatic carbocycles. The quantitative estimate of drug-likeness (QED) is 0.681. The molecular formula is C24H28FN3O4. The van der Waals surface area contributed by atoms with E-state index in [9.17, 15) is 18.8 Å². The number of para-hydroxylation sites is 1. The van der Waals surface area contributed by atoms with E-state index >= 15 is 0 Å². The van der Waals surface area contributed by atoms with Gasteiger partial charge in [-0.25, -0.2) is 4.39 Å². The zero-order valence-electron chi connectivity index (χ0n) is 18.1. The molecule has 1 unspecified atom stereocenters. The standard InChI is InChI=1S/C24H28FN3O4/c1-27(22(23(26)30)18-6-5-7-19(25)16-18)24(31)17-10-13-28(14-11-17)21(29)12-15-32-20-8-3-2-4-9-20/h2-9,16-17,22H,10-15H2,1H3,(H2,26,30). The Morgan fingerprint density at radius 2 is 1.81 bits per heavy atom. The van der Waals surface area contributed by atoms with Crippen LogP contribution in [-0.4, -0.2) is 54.3 Å². The van der Waals surface area contributed by atoms with E-state index in [0.29, 0.717) is 38.1 Å². The fraction of sp³-hybridized carbons (Fsp3) is 0.375. The number of hydrogen-bond acceptors (Lipinski definition) is 4. The highest BCUT2D eigenvalue weighted by Gasteiger charge is 2.34. The third kappa shape index (κ3) is 5.84. The van der Waals surface area contributed by atoms with E-state index in [4.69, 9.17) is 10.5 Å². The number of amides is 3. The van der Waals surface area contributed by atoms with Crippen molar-refractivity contribution in [2.75, 3.05) is 26.7 Å². The van der Waals surface area contributed by atoms with Gasteiger partial charge >= 0.3 is 0 Å². The first-order valence-corrected chi connectivity index (χ1v) is 10.6. The number of nitrogens with zero attached hydrogens (tertiary/aromatic N) is 2. The summed E-state index contributed by atoms with van der Waals surface area (Å²) in [5.74, 6) is -1.10. The van der Waals surface area contributed by atoms with Crippen LogP contribution in [-0.2, 0) is 14.4 Å². The van der Waals surface area contributed by atoms with Gasteiger partial charge in [0, 0.05) is 26.1 Å². The molecule has 170 valence electrons. The number of carbonyl (C=O) groups excluding carboxylic acids is 3. The van der Waals surface area contributed by atoms with Crippen LogP contribution in [0.15, 0.2) is 54.6 Å². The fourth-order valence-electron chi connectivity index (χ4n) is 3.98. The van der Waals surface area contributed by atoms with E-state index < -0.39 is 17.8 Å². The zero-order chi connectivity index (χ0) is 23.1. The predicted molar refractivity (Wildman–Crippen MR) is 117 cm³/mol. The molecular weight excluding hydrogens is 413 g/mol. The van der Waals surface area contributed by atoms with Crippen LogP contribution in [0, 0.1) is 11.7 Å². The largest absolute Gasteiger partial charge is 0.493 e. The van der Waals surface area contributed by atoms with Crippen molar-refractivity contribution in [2.24, 2.45) is 11.7 Å². The summed E-state index contributed by atoms with van der Waals surface area (Å²) in [4.78, 5) is 40.5. The van der Waals surface area contributed by atoms with Crippen LogP contribution < -0.4 is 10.5 Å². The van der Waals surface area contributed by atoms with Crippen LogP contribution >= 0.6 is 0 Å². The Morgan fingerprint density at radius 1 is 1.12 bits per heavy atom. The molecule has 3 amide bonds. The van der Waals surface area contributed by atoms with Crippen molar-refractivity contribution in [3.63, 3.8) is 0 Å². The minimum absolute atomic E-state index is 0.0186. The SMILES string of the molecule is CN(C(=O)C1CCN(C(=O)CCOc2ccccc2)CC1)C(C(N)=O)c1cccc(F)c1. The molecule has 1 aliphatic heterocycles. The average molecular weight is 442 g/mol. The predicted octanol–water partition coefficient (Wildman–Crippen LogP) is 2.52. The number of benzene rings is 2. The molecule has 3 rings (SSSR count). The van der Waals surface area contributed by atoms with E-state index in [1.54, 1.807) is 11.0 Å². The van der Waals surface area contributed by atoms with Gasteiger partial charge in [-0.05, 0) is 42.7 Å². The number of carbonyl (C=O) groups is 3. The van der Waals surface area contributed by atoms with Gasteiger partial charge < -0.3 is 20.3 Å². The first-order valence-electron chi connectivity index (χ1n) is 10.6. The zero-order valence-corrected chi connectivity index (χ0v) is 18.1. The Morgan fingerprint density at radius 3 is 2.44 bits per heavy atom. The Kier molecular flexibility index (Phi) is 7.81. The number of hydrogen-bond donors (Lipinski definition) is 1. The summed E-state index contributed by atoms with van der Waals surface area (Å²) in [5, 5.41) is 0. The van der Waals surface area contributed by atoms with Gasteiger partial charge in [-0.2, -0.15) is 0 Å². The number of likely N-dealkylation sites (N-methyl/N-ethyl adjacent to an activating group) is 1. The first kappa shape index (κ1) is 23.2. The van der Waals surface area contributed by atoms with Crippen molar-refractivity contribution in [1.82, 2.24) is 9.80 Å². The van der Waals surface area contributed by atoms with Crippen LogP contribution in [0.3, 0.4) is 0 Å². The maximum Gasteiger partial charge on any atom is 0.244 e. The monoisotopic (exact) mass is 441 g/mol. The minimum Gasteiger partial charge on any atom is -0.493 e. The highest BCUT2D eigenvalue weighted by Crippen LogP contribution is 2.26. The summed E-state index contributed by atoms with van der Waals surface area (Å²) < 4.78 is 19.2. The molecule has 0 aromatic heterocycles. The van der Waals surface area contributed by atoms with Gasteiger partial charge in [-0.1, -0.05) is 30.3 Å². The van der Waals surface area contributed by atoms with E-state index in [1.807, 2.05) is 30.3 Å². The van der Waals surface area contributed by atoms with Crippen molar-refractivity contribution in [3.8, 4) is 5.75 Å². The first-order chi connectivity index (χ1) is 15.4. The van der Waals surface area contributed by atoms with Gasteiger partial charge in [0.2, 0.25) is 17.7 Å². The molecule has 1 saturated heterocycles. The van der Waals surface area contributed by atoms with Gasteiger partial charge in [0.15, 0.2) is 0 Å². The molecule has 0 spiro atoms. The average Bonchev–Trinajstić information content (AvgIpc) is 2.79. The van der Waals surface area contributed by atoms with Crippen LogP contribution in [0.1, 0.15) is 30.9 Å². The number of halogens is 1. The lowest BCUT2D eigenvalue weighted by atomic mass is 9.93. The molecule has 0 saturated carbocycles. The summed E-state index contributed by atoms with van der Waals surface area (Å²) in [6.07, 6.45) is 1.24. The Hall–Kier alpha value is -3.42. The number of nitrogens with two attached hydrogens (primary N) is 1. The molecule has 8 heteroatoms. The highest BCUT2D eigenvalue weighted by atomic mass is 19.1. The Bertz CT molecular complexity index is 945. The van der Waals surface area contributed by atoms with Crippen molar-refractivity contribution in [3.05, 3.63) is 66.0 Å². The second-order valence-electron chi connectivity index (χ2n) is 7.88. The van der Waals surface area contributed by atoms with Crippen molar-refractivity contribution in [1.29, 1.82) is 0 Å². The third-order valence-electron chi connectivity index (χ3n) is 5.69. The fourth-order valence-corrected chi connectivity index (χ4v) is 3.98. The van der Waals surface area contributed by atoms with Crippen LogP contribution in [0.2, 0.25) is 0 Å². The van der Waals surface area contributed by atoms with Crippen LogP contribution in [0.4, 0.5) is 4.39 Å². The Balaban J connectivity index is 1.51. The molecule has 2 aromatic rings. The van der Waals surface area contributed by atoms with Gasteiger partial charge in [0.25, 0.3) is 0 Å². The summed E-state index contributed by atoms with van der Waals surface area (Å²) in [5.41, 5.74) is 5.85. The summed E-state index contributed by atoms with van der Waals surface area (Å²) in [6, 6.07) is 13.8. The number of rotatable bonds is 8. The number of likely N-dealkylation sites (tertiary alicyclic amines) is 1.